The number of anilines is 1. The maximum Gasteiger partial charge on any atom is 0.264 e. The molecule has 2 aromatic carbocycles. The summed E-state index contributed by atoms with van der Waals surface area (Å²) in [4.78, 5) is 18.3. The SMILES string of the molecule is CO[C@]1(CN2CCCC(F)(F)CCNCC2)/C=C/C[C@H](C)[C@@H](C)S(=O)(=O)NC(=O)c2ccc3c(c2)N(C[C@@H]2CC[C@H]21)C[C@@]1(CCCc2cc(Cl)ccc21)CO3. The van der Waals surface area contributed by atoms with Crippen LogP contribution in [0.1, 0.15) is 86.7 Å². The van der Waals surface area contributed by atoms with E-state index >= 15 is 0 Å². The van der Waals surface area contributed by atoms with Gasteiger partial charge in [0.25, 0.3) is 5.91 Å². The molecule has 13 heteroatoms. The zero-order valence-electron chi connectivity index (χ0n) is 32.4. The summed E-state index contributed by atoms with van der Waals surface area (Å²) in [5.41, 5.74) is 2.43. The quantitative estimate of drug-likeness (QED) is 0.321. The van der Waals surface area contributed by atoms with Crippen LogP contribution in [0.4, 0.5) is 14.5 Å². The van der Waals surface area contributed by atoms with Crippen LogP contribution in [0.15, 0.2) is 48.6 Å². The number of benzene rings is 2. The van der Waals surface area contributed by atoms with Gasteiger partial charge in [0, 0.05) is 75.2 Å². The third-order valence-corrected chi connectivity index (χ3v) is 15.5. The summed E-state index contributed by atoms with van der Waals surface area (Å²) in [7, 11) is -2.27. The second-order valence-electron chi connectivity index (χ2n) is 16.9. The lowest BCUT2D eigenvalue weighted by Crippen LogP contribution is -2.57. The number of halogens is 3. The van der Waals surface area contributed by atoms with E-state index in [4.69, 9.17) is 21.1 Å². The summed E-state index contributed by atoms with van der Waals surface area (Å²) >= 11 is 6.49. The van der Waals surface area contributed by atoms with Crippen LogP contribution >= 0.6 is 11.6 Å². The molecule has 7 rings (SSSR count). The average molecular weight is 803 g/mol. The summed E-state index contributed by atoms with van der Waals surface area (Å²) in [5.74, 6) is -2.68. The third-order valence-electron chi connectivity index (χ3n) is 13.4. The van der Waals surface area contributed by atoms with E-state index in [1.165, 1.54) is 11.1 Å². The second-order valence-corrected chi connectivity index (χ2v) is 19.4. The molecule has 1 saturated carbocycles. The molecule has 55 heavy (non-hydrogen) atoms. The van der Waals surface area contributed by atoms with Gasteiger partial charge in [-0.2, -0.15) is 0 Å². The summed E-state index contributed by atoms with van der Waals surface area (Å²) < 4.78 is 72.1. The van der Waals surface area contributed by atoms with Crippen molar-refractivity contribution in [3.63, 3.8) is 0 Å². The number of nitrogens with zero attached hydrogens (tertiary/aromatic N) is 2. The normalized spacial score (nSPS) is 33.5. The highest BCUT2D eigenvalue weighted by Crippen LogP contribution is 2.49. The summed E-state index contributed by atoms with van der Waals surface area (Å²) in [6.07, 6.45) is 9.49. The molecule has 9 nitrogen and oxygen atoms in total. The van der Waals surface area contributed by atoms with Gasteiger partial charge < -0.3 is 19.7 Å². The molecular formula is C42H57ClF2N4O5S. The fourth-order valence-electron chi connectivity index (χ4n) is 9.75. The Hall–Kier alpha value is -2.77. The summed E-state index contributed by atoms with van der Waals surface area (Å²) in [5, 5.41) is 3.09. The number of aryl methyl sites for hydroxylation is 1. The predicted molar refractivity (Wildman–Crippen MR) is 213 cm³/mol. The lowest BCUT2D eigenvalue weighted by molar-refractivity contribution is -0.0929. The Labute approximate surface area is 330 Å². The maximum atomic E-state index is 14.6. The first-order valence-electron chi connectivity index (χ1n) is 20.1. The number of carbonyl (C=O) groups is 1. The highest BCUT2D eigenvalue weighted by atomic mass is 35.5. The van der Waals surface area contributed by atoms with Gasteiger partial charge in [0.1, 0.15) is 11.4 Å². The number of alkyl halides is 2. The van der Waals surface area contributed by atoms with Crippen LogP contribution in [0.25, 0.3) is 0 Å². The van der Waals surface area contributed by atoms with E-state index < -0.39 is 32.7 Å². The highest BCUT2D eigenvalue weighted by molar-refractivity contribution is 7.90. The molecule has 0 radical (unpaired) electrons. The highest BCUT2D eigenvalue weighted by Gasteiger charge is 2.50. The number of hydrogen-bond acceptors (Lipinski definition) is 8. The standard InChI is InChI=1S/C42H57ClF2N4O5S/c1-29-7-4-16-41(53-3,27-48-21-6-17-42(44,45)18-19-46-20-22-48)36-12-9-33(36)25-49-26-40(15-5-8-31-23-34(43)11-13-35(31)40)28-54-38-14-10-32(24-37(38)49)39(50)47-55(51,52)30(29)2/h4,10-11,13-14,16,23-24,29-30,33,36,46H,5-9,12,15,17-22,25-28H2,1-3H3,(H,47,50)/b16-4+/t29-,30+,33-,36+,40-,41-/m0/s1. The molecule has 3 heterocycles. The molecule has 6 atom stereocenters. The number of ether oxygens (including phenoxy) is 2. The molecule has 0 aromatic heterocycles. The molecule has 302 valence electrons. The van der Waals surface area contributed by atoms with Crippen molar-refractivity contribution in [2.45, 2.75) is 93.8 Å². The minimum atomic E-state index is -4.02. The van der Waals surface area contributed by atoms with Crippen LogP contribution in [-0.2, 0) is 26.6 Å². The number of hydrogen-bond donors (Lipinski definition) is 2. The number of sulfonamides is 1. The van der Waals surface area contributed by atoms with Crippen LogP contribution in [0.3, 0.4) is 0 Å². The van der Waals surface area contributed by atoms with Crippen LogP contribution < -0.4 is 19.7 Å². The molecule has 1 spiro atoms. The van der Waals surface area contributed by atoms with Crippen molar-refractivity contribution in [1.29, 1.82) is 0 Å². The minimum Gasteiger partial charge on any atom is -0.490 e. The van der Waals surface area contributed by atoms with E-state index in [0.717, 1.165) is 37.8 Å². The number of amides is 1. The molecule has 2 fully saturated rings. The monoisotopic (exact) mass is 802 g/mol. The Morgan fingerprint density at radius 1 is 1.04 bits per heavy atom. The summed E-state index contributed by atoms with van der Waals surface area (Å²) in [6.45, 7) is 7.96. The summed E-state index contributed by atoms with van der Waals surface area (Å²) in [6, 6.07) is 11.4. The number of rotatable bonds is 3. The van der Waals surface area contributed by atoms with E-state index in [9.17, 15) is 22.0 Å². The lowest BCUT2D eigenvalue weighted by Gasteiger charge is -2.52. The maximum absolute atomic E-state index is 14.6. The van der Waals surface area contributed by atoms with Gasteiger partial charge in [0.05, 0.1) is 17.5 Å². The fraction of sp³-hybridized carbons (Fsp3) is 0.643. The Balaban J connectivity index is 1.28. The Morgan fingerprint density at radius 3 is 2.65 bits per heavy atom. The number of methoxy groups -OCH3 is 1. The van der Waals surface area contributed by atoms with E-state index in [1.54, 1.807) is 32.2 Å². The topological polar surface area (TPSA) is 100 Å². The van der Waals surface area contributed by atoms with E-state index in [-0.39, 0.29) is 48.1 Å². The van der Waals surface area contributed by atoms with Gasteiger partial charge in [0.15, 0.2) is 0 Å². The van der Waals surface area contributed by atoms with Crippen LogP contribution in [0.2, 0.25) is 5.02 Å². The zero-order valence-corrected chi connectivity index (χ0v) is 34.0. The largest absolute Gasteiger partial charge is 0.490 e. The van der Waals surface area contributed by atoms with Crippen molar-refractivity contribution < 1.29 is 31.5 Å². The first kappa shape index (κ1) is 40.4. The molecule has 5 aliphatic rings. The van der Waals surface area contributed by atoms with Crippen molar-refractivity contribution in [1.82, 2.24) is 14.9 Å². The molecule has 2 bridgehead atoms. The average Bonchev–Trinajstić information content (AvgIpc) is 3.28. The second kappa shape index (κ2) is 16.2. The lowest BCUT2D eigenvalue weighted by atomic mass is 9.63. The van der Waals surface area contributed by atoms with E-state index in [1.807, 2.05) is 19.1 Å². The first-order valence-corrected chi connectivity index (χ1v) is 22.1. The molecular weight excluding hydrogens is 746 g/mol. The minimum absolute atomic E-state index is 0.107. The van der Waals surface area contributed by atoms with Crippen molar-refractivity contribution in [2.75, 3.05) is 64.4 Å². The fourth-order valence-corrected chi connectivity index (χ4v) is 11.2. The van der Waals surface area contributed by atoms with E-state index in [2.05, 4.69) is 38.0 Å². The number of fused-ring (bicyclic) bond motifs is 4. The molecule has 2 N–H and O–H groups in total. The van der Waals surface area contributed by atoms with Gasteiger partial charge in [-0.05, 0) is 118 Å². The van der Waals surface area contributed by atoms with Gasteiger partial charge in [-0.1, -0.05) is 36.7 Å². The molecule has 2 aliphatic carbocycles. The van der Waals surface area contributed by atoms with Crippen LogP contribution in [0, 0.1) is 17.8 Å². The predicted octanol–water partition coefficient (Wildman–Crippen LogP) is 6.98. The third kappa shape index (κ3) is 8.59. The molecule has 2 aromatic rings. The van der Waals surface area contributed by atoms with Gasteiger partial charge >= 0.3 is 0 Å². The van der Waals surface area contributed by atoms with Crippen molar-refractivity contribution in [3.05, 3.63) is 70.3 Å². The number of allylic oxidation sites excluding steroid dienone is 1. The van der Waals surface area contributed by atoms with E-state index in [0.29, 0.717) is 69.5 Å². The van der Waals surface area contributed by atoms with Crippen LogP contribution in [0.5, 0.6) is 5.75 Å². The Bertz CT molecular complexity index is 1860. The van der Waals surface area contributed by atoms with Crippen molar-refractivity contribution >= 4 is 33.2 Å². The molecule has 1 amide bonds. The Kier molecular flexibility index (Phi) is 11.9. The van der Waals surface area contributed by atoms with Crippen LogP contribution in [-0.4, -0.2) is 95.5 Å². The zero-order chi connectivity index (χ0) is 39.0. The molecule has 3 aliphatic heterocycles. The molecule has 0 unspecified atom stereocenters. The van der Waals surface area contributed by atoms with Gasteiger partial charge in [-0.3, -0.25) is 9.69 Å². The van der Waals surface area contributed by atoms with Crippen molar-refractivity contribution in [2.24, 2.45) is 17.8 Å². The number of nitrogens with one attached hydrogen (secondary N) is 2. The van der Waals surface area contributed by atoms with Gasteiger partial charge in [-0.25, -0.2) is 21.9 Å². The Morgan fingerprint density at radius 2 is 1.87 bits per heavy atom. The van der Waals surface area contributed by atoms with Gasteiger partial charge in [0.2, 0.25) is 15.9 Å². The van der Waals surface area contributed by atoms with Gasteiger partial charge in [-0.15, -0.1) is 0 Å². The number of carbonyl (C=O) groups excluding carboxylic acids is 1. The first-order chi connectivity index (χ1) is 26.2. The molecule has 1 saturated heterocycles. The van der Waals surface area contributed by atoms with Crippen molar-refractivity contribution in [3.8, 4) is 5.75 Å². The smallest absolute Gasteiger partial charge is 0.264 e.